The van der Waals surface area contributed by atoms with Crippen molar-refractivity contribution in [2.24, 2.45) is 5.73 Å². The molecule has 0 saturated heterocycles. The number of thiocarbonyl (C=S) groups is 1. The fourth-order valence-electron chi connectivity index (χ4n) is 1.31. The first-order valence-electron chi connectivity index (χ1n) is 5.77. The van der Waals surface area contributed by atoms with Crippen molar-refractivity contribution in [2.45, 2.75) is 19.8 Å². The van der Waals surface area contributed by atoms with Crippen molar-refractivity contribution in [1.82, 2.24) is 15.5 Å². The molecule has 0 unspecified atom stereocenters. The van der Waals surface area contributed by atoms with Crippen molar-refractivity contribution in [3.05, 3.63) is 17.8 Å². The maximum Gasteiger partial charge on any atom is 0.221 e. The van der Waals surface area contributed by atoms with Gasteiger partial charge in [-0.2, -0.15) is 5.10 Å². The minimum absolute atomic E-state index is 0.00474. The van der Waals surface area contributed by atoms with Crippen molar-refractivity contribution < 1.29 is 4.79 Å². The zero-order chi connectivity index (χ0) is 13.4. The van der Waals surface area contributed by atoms with Gasteiger partial charge in [0, 0.05) is 19.5 Å². The van der Waals surface area contributed by atoms with Crippen LogP contribution in [0, 0.1) is 0 Å². The summed E-state index contributed by atoms with van der Waals surface area (Å²) in [6.45, 7) is 3.17. The summed E-state index contributed by atoms with van der Waals surface area (Å²) in [5.74, 6) is 0.512. The maximum atomic E-state index is 11.4. The monoisotopic (exact) mass is 267 g/mol. The van der Waals surface area contributed by atoms with Crippen LogP contribution in [0.2, 0.25) is 0 Å². The smallest absolute Gasteiger partial charge is 0.221 e. The standard InChI is InChI=1S/C11H17N5OS/c1-2-5-13-9(17)4-6-14-11-8(10(12)18)3-7-15-16-11/h3,7H,2,4-6H2,1H3,(H2,12,18)(H,13,17)(H,14,16). The first-order chi connectivity index (χ1) is 8.65. The van der Waals surface area contributed by atoms with E-state index in [1.54, 1.807) is 6.07 Å². The number of hydrogen-bond donors (Lipinski definition) is 3. The molecule has 4 N–H and O–H groups in total. The van der Waals surface area contributed by atoms with Gasteiger partial charge in [0.25, 0.3) is 0 Å². The number of aromatic nitrogens is 2. The van der Waals surface area contributed by atoms with Gasteiger partial charge < -0.3 is 16.4 Å². The summed E-state index contributed by atoms with van der Waals surface area (Å²) in [7, 11) is 0. The van der Waals surface area contributed by atoms with Gasteiger partial charge in [-0.25, -0.2) is 0 Å². The second kappa shape index (κ2) is 7.54. The Bertz CT molecular complexity index is 424. The zero-order valence-electron chi connectivity index (χ0n) is 10.3. The number of hydrogen-bond acceptors (Lipinski definition) is 5. The van der Waals surface area contributed by atoms with Crippen LogP contribution in [0.3, 0.4) is 0 Å². The number of nitrogens with zero attached hydrogens (tertiary/aromatic N) is 2. The van der Waals surface area contributed by atoms with E-state index >= 15 is 0 Å². The van der Waals surface area contributed by atoms with E-state index in [2.05, 4.69) is 20.8 Å². The molecule has 1 amide bonds. The van der Waals surface area contributed by atoms with Gasteiger partial charge in [0.15, 0.2) is 5.82 Å². The summed E-state index contributed by atoms with van der Waals surface area (Å²) < 4.78 is 0. The molecule has 0 aliphatic rings. The Balaban J connectivity index is 2.44. The molecular formula is C11H17N5OS. The van der Waals surface area contributed by atoms with Crippen molar-refractivity contribution in [2.75, 3.05) is 18.4 Å². The number of carbonyl (C=O) groups excluding carboxylic acids is 1. The van der Waals surface area contributed by atoms with E-state index in [4.69, 9.17) is 18.0 Å². The van der Waals surface area contributed by atoms with Crippen LogP contribution in [0.25, 0.3) is 0 Å². The third-order valence-corrected chi connectivity index (χ3v) is 2.42. The minimum Gasteiger partial charge on any atom is -0.389 e. The Kier molecular flexibility index (Phi) is 5.99. The number of nitrogens with one attached hydrogen (secondary N) is 2. The lowest BCUT2D eigenvalue weighted by Crippen LogP contribution is -2.26. The van der Waals surface area contributed by atoms with E-state index in [-0.39, 0.29) is 10.9 Å². The lowest BCUT2D eigenvalue weighted by molar-refractivity contribution is -0.120. The van der Waals surface area contributed by atoms with Gasteiger partial charge in [0.1, 0.15) is 4.99 Å². The topological polar surface area (TPSA) is 92.9 Å². The number of rotatable bonds is 7. The van der Waals surface area contributed by atoms with E-state index in [1.165, 1.54) is 6.20 Å². The molecular weight excluding hydrogens is 250 g/mol. The van der Waals surface area contributed by atoms with Crippen molar-refractivity contribution in [3.63, 3.8) is 0 Å². The van der Waals surface area contributed by atoms with Gasteiger partial charge in [-0.1, -0.05) is 19.1 Å². The molecule has 0 aliphatic carbocycles. The molecule has 0 spiro atoms. The van der Waals surface area contributed by atoms with E-state index in [0.29, 0.717) is 30.9 Å². The summed E-state index contributed by atoms with van der Waals surface area (Å²) in [6, 6.07) is 1.69. The number of nitrogens with two attached hydrogens (primary N) is 1. The number of anilines is 1. The number of amides is 1. The Morgan fingerprint density at radius 1 is 1.50 bits per heavy atom. The maximum absolute atomic E-state index is 11.4. The van der Waals surface area contributed by atoms with Gasteiger partial charge in [-0.05, 0) is 12.5 Å². The van der Waals surface area contributed by atoms with Crippen LogP contribution in [-0.4, -0.2) is 34.2 Å². The predicted molar refractivity (Wildman–Crippen MR) is 74.3 cm³/mol. The summed E-state index contributed by atoms with van der Waals surface area (Å²) in [4.78, 5) is 11.6. The highest BCUT2D eigenvalue weighted by molar-refractivity contribution is 7.80. The molecule has 0 fully saturated rings. The van der Waals surface area contributed by atoms with E-state index in [0.717, 1.165) is 6.42 Å². The molecule has 7 heteroatoms. The van der Waals surface area contributed by atoms with Crippen LogP contribution in [0.1, 0.15) is 25.3 Å². The quantitative estimate of drug-likeness (QED) is 0.621. The summed E-state index contributed by atoms with van der Waals surface area (Å²) >= 11 is 4.90. The molecule has 0 radical (unpaired) electrons. The Morgan fingerprint density at radius 3 is 2.94 bits per heavy atom. The highest BCUT2D eigenvalue weighted by atomic mass is 32.1. The molecule has 1 heterocycles. The third kappa shape index (κ3) is 4.62. The first-order valence-corrected chi connectivity index (χ1v) is 6.18. The minimum atomic E-state index is 0.00474. The molecule has 1 aromatic rings. The Morgan fingerprint density at radius 2 is 2.28 bits per heavy atom. The lowest BCUT2D eigenvalue weighted by atomic mass is 10.2. The first kappa shape index (κ1) is 14.3. The van der Waals surface area contributed by atoms with Crippen molar-refractivity contribution >= 4 is 28.9 Å². The molecule has 1 aromatic heterocycles. The third-order valence-electron chi connectivity index (χ3n) is 2.20. The predicted octanol–water partition coefficient (Wildman–Crippen LogP) is 0.439. The van der Waals surface area contributed by atoms with Gasteiger partial charge in [0.2, 0.25) is 5.91 Å². The van der Waals surface area contributed by atoms with Crippen LogP contribution in [-0.2, 0) is 4.79 Å². The van der Waals surface area contributed by atoms with Crippen molar-refractivity contribution in [1.29, 1.82) is 0 Å². The van der Waals surface area contributed by atoms with Gasteiger partial charge in [-0.3, -0.25) is 4.79 Å². The molecule has 18 heavy (non-hydrogen) atoms. The molecule has 0 aliphatic heterocycles. The Labute approximate surface area is 111 Å². The largest absolute Gasteiger partial charge is 0.389 e. The second-order valence-corrected chi connectivity index (χ2v) is 4.12. The second-order valence-electron chi connectivity index (χ2n) is 3.68. The van der Waals surface area contributed by atoms with Crippen LogP contribution < -0.4 is 16.4 Å². The Hall–Kier alpha value is -1.76. The molecule has 6 nitrogen and oxygen atoms in total. The summed E-state index contributed by atoms with van der Waals surface area (Å²) in [5, 5.41) is 13.4. The summed E-state index contributed by atoms with van der Waals surface area (Å²) in [6.07, 6.45) is 2.82. The fraction of sp³-hybridized carbons (Fsp3) is 0.455. The van der Waals surface area contributed by atoms with E-state index < -0.39 is 0 Å². The molecule has 0 aromatic carbocycles. The molecule has 0 saturated carbocycles. The van der Waals surface area contributed by atoms with Gasteiger partial charge in [0.05, 0.1) is 11.8 Å². The molecule has 1 rings (SSSR count). The molecule has 0 bridgehead atoms. The van der Waals surface area contributed by atoms with Crippen LogP contribution in [0.4, 0.5) is 5.82 Å². The number of carbonyl (C=O) groups is 1. The van der Waals surface area contributed by atoms with Gasteiger partial charge in [-0.15, -0.1) is 5.10 Å². The van der Waals surface area contributed by atoms with Crippen molar-refractivity contribution in [3.8, 4) is 0 Å². The molecule has 0 atom stereocenters. The molecule has 98 valence electrons. The van der Waals surface area contributed by atoms with Crippen LogP contribution >= 0.6 is 12.2 Å². The summed E-state index contributed by atoms with van der Waals surface area (Å²) in [5.41, 5.74) is 6.19. The SMILES string of the molecule is CCCNC(=O)CCNc1nnccc1C(N)=S. The highest BCUT2D eigenvalue weighted by Gasteiger charge is 2.07. The zero-order valence-corrected chi connectivity index (χ0v) is 11.1. The fourth-order valence-corrected chi connectivity index (χ4v) is 1.47. The van der Waals surface area contributed by atoms with Gasteiger partial charge >= 0.3 is 0 Å². The van der Waals surface area contributed by atoms with Crippen LogP contribution in [0.15, 0.2) is 12.3 Å². The van der Waals surface area contributed by atoms with E-state index in [1.807, 2.05) is 6.92 Å². The average molecular weight is 267 g/mol. The van der Waals surface area contributed by atoms with E-state index in [9.17, 15) is 4.79 Å². The normalized spacial score (nSPS) is 9.83. The van der Waals surface area contributed by atoms with Crippen LogP contribution in [0.5, 0.6) is 0 Å². The lowest BCUT2D eigenvalue weighted by Gasteiger charge is -2.08. The average Bonchev–Trinajstić information content (AvgIpc) is 2.36. The highest BCUT2D eigenvalue weighted by Crippen LogP contribution is 2.09.